The first-order chi connectivity index (χ1) is 14.9. The molecule has 0 aliphatic rings. The number of thioether (sulfide) groups is 2. The Morgan fingerprint density at radius 3 is 1.84 bits per heavy atom. The standard InChI is InChI=1S/C18H32N4O8S2/c1-9(23)14(22-15(26)10(19)4-6-31-2)17(28)21-12(8-13(24)25)16(27)20-11(18(29)30)5-7-32-3/h9-12,14,23H,4-8,19H2,1-3H3,(H,20,27)(H,21,28)(H,22,26)(H,24,25)(H,29,30). The molecule has 8 N–H and O–H groups in total. The van der Waals surface area contributed by atoms with E-state index in [4.69, 9.17) is 10.8 Å². The number of carboxylic acid groups (broad SMARTS) is 2. The van der Waals surface area contributed by atoms with Gasteiger partial charge in [0.25, 0.3) is 0 Å². The molecule has 0 heterocycles. The van der Waals surface area contributed by atoms with E-state index in [0.717, 1.165) is 0 Å². The number of nitrogens with two attached hydrogens (primary N) is 1. The Hall–Kier alpha value is -2.03. The maximum absolute atomic E-state index is 12.6. The van der Waals surface area contributed by atoms with Gasteiger partial charge in [0.2, 0.25) is 17.7 Å². The van der Waals surface area contributed by atoms with Crippen LogP contribution in [0.2, 0.25) is 0 Å². The van der Waals surface area contributed by atoms with Gasteiger partial charge in [-0.2, -0.15) is 23.5 Å². The smallest absolute Gasteiger partial charge is 0.326 e. The number of aliphatic carboxylic acids is 2. The van der Waals surface area contributed by atoms with Gasteiger partial charge in [0.05, 0.1) is 18.6 Å². The van der Waals surface area contributed by atoms with E-state index in [-0.39, 0.29) is 6.42 Å². The van der Waals surface area contributed by atoms with E-state index in [9.17, 15) is 34.2 Å². The molecule has 0 aromatic rings. The van der Waals surface area contributed by atoms with Crippen molar-refractivity contribution in [2.75, 3.05) is 24.0 Å². The number of nitrogens with one attached hydrogen (secondary N) is 3. The van der Waals surface area contributed by atoms with E-state index in [1.165, 1.54) is 30.4 Å². The number of hydrogen-bond acceptors (Lipinski definition) is 9. The lowest BCUT2D eigenvalue weighted by Gasteiger charge is -2.26. The van der Waals surface area contributed by atoms with Crippen molar-refractivity contribution in [3.8, 4) is 0 Å². The molecule has 0 fully saturated rings. The number of rotatable bonds is 16. The van der Waals surface area contributed by atoms with Crippen LogP contribution in [0.25, 0.3) is 0 Å². The summed E-state index contributed by atoms with van der Waals surface area (Å²) >= 11 is 2.84. The first-order valence-corrected chi connectivity index (χ1v) is 12.5. The van der Waals surface area contributed by atoms with E-state index < -0.39 is 66.4 Å². The fourth-order valence-corrected chi connectivity index (χ4v) is 3.41. The summed E-state index contributed by atoms with van der Waals surface area (Å²) in [5, 5.41) is 34.9. The highest BCUT2D eigenvalue weighted by Gasteiger charge is 2.33. The maximum Gasteiger partial charge on any atom is 0.326 e. The molecule has 0 aliphatic carbocycles. The van der Waals surface area contributed by atoms with Crippen molar-refractivity contribution in [2.24, 2.45) is 5.73 Å². The van der Waals surface area contributed by atoms with Crippen molar-refractivity contribution in [1.29, 1.82) is 0 Å². The predicted molar refractivity (Wildman–Crippen MR) is 121 cm³/mol. The van der Waals surface area contributed by atoms with Crippen LogP contribution in [0.4, 0.5) is 0 Å². The average Bonchev–Trinajstić information content (AvgIpc) is 2.71. The third-order valence-corrected chi connectivity index (χ3v) is 5.56. The second-order valence-electron chi connectivity index (χ2n) is 6.95. The Kier molecular flexibility index (Phi) is 14.7. The summed E-state index contributed by atoms with van der Waals surface area (Å²) in [6.07, 6.45) is 1.80. The molecule has 5 unspecified atom stereocenters. The second-order valence-corrected chi connectivity index (χ2v) is 8.93. The molecule has 0 bridgehead atoms. The molecular weight excluding hydrogens is 464 g/mol. The fraction of sp³-hybridized carbons (Fsp3) is 0.722. The van der Waals surface area contributed by atoms with E-state index >= 15 is 0 Å². The third-order valence-electron chi connectivity index (χ3n) is 4.27. The lowest BCUT2D eigenvalue weighted by atomic mass is 10.1. The number of aliphatic hydroxyl groups is 1. The molecule has 3 amide bonds. The number of carboxylic acids is 2. The highest BCUT2D eigenvalue weighted by atomic mass is 32.2. The van der Waals surface area contributed by atoms with Gasteiger partial charge < -0.3 is 37.0 Å². The van der Waals surface area contributed by atoms with Crippen LogP contribution >= 0.6 is 23.5 Å². The van der Waals surface area contributed by atoms with Crippen LogP contribution in [0.15, 0.2) is 0 Å². The van der Waals surface area contributed by atoms with Gasteiger partial charge in [-0.05, 0) is 43.8 Å². The van der Waals surface area contributed by atoms with Crippen molar-refractivity contribution >= 4 is 53.2 Å². The first-order valence-electron chi connectivity index (χ1n) is 9.71. The third kappa shape index (κ3) is 11.5. The summed E-state index contributed by atoms with van der Waals surface area (Å²) in [7, 11) is 0. The fourth-order valence-electron chi connectivity index (χ4n) is 2.45. The lowest BCUT2D eigenvalue weighted by molar-refractivity contribution is -0.144. The number of hydrogen-bond donors (Lipinski definition) is 7. The van der Waals surface area contributed by atoms with Gasteiger partial charge in [0.15, 0.2) is 0 Å². The summed E-state index contributed by atoms with van der Waals surface area (Å²) in [6, 6.07) is -5.33. The Balaban J connectivity index is 5.36. The van der Waals surface area contributed by atoms with Gasteiger partial charge in [-0.3, -0.25) is 19.2 Å². The average molecular weight is 497 g/mol. The summed E-state index contributed by atoms with van der Waals surface area (Å²) in [5.74, 6) is -4.41. The molecule has 0 saturated carbocycles. The van der Waals surface area contributed by atoms with E-state index in [0.29, 0.717) is 17.9 Å². The summed E-state index contributed by atoms with van der Waals surface area (Å²) in [5.41, 5.74) is 5.75. The van der Waals surface area contributed by atoms with Crippen LogP contribution in [-0.4, -0.2) is 99.3 Å². The molecule has 0 aliphatic heterocycles. The van der Waals surface area contributed by atoms with Crippen LogP contribution in [0.3, 0.4) is 0 Å². The minimum atomic E-state index is -1.63. The minimum Gasteiger partial charge on any atom is -0.481 e. The molecule has 184 valence electrons. The molecular formula is C18H32N4O8S2. The van der Waals surface area contributed by atoms with Crippen molar-refractivity contribution in [1.82, 2.24) is 16.0 Å². The van der Waals surface area contributed by atoms with Crippen molar-refractivity contribution in [3.63, 3.8) is 0 Å². The monoisotopic (exact) mass is 496 g/mol. The highest BCUT2D eigenvalue weighted by molar-refractivity contribution is 7.98. The topological polar surface area (TPSA) is 208 Å². The quantitative estimate of drug-likeness (QED) is 0.127. The predicted octanol–water partition coefficient (Wildman–Crippen LogP) is -1.79. The number of aliphatic hydroxyl groups excluding tert-OH is 1. The highest BCUT2D eigenvalue weighted by Crippen LogP contribution is 2.05. The Morgan fingerprint density at radius 1 is 0.844 bits per heavy atom. The molecule has 0 saturated heterocycles. The summed E-state index contributed by atoms with van der Waals surface area (Å²) < 4.78 is 0. The Bertz CT molecular complexity index is 665. The molecule has 0 spiro atoms. The van der Waals surface area contributed by atoms with Crippen LogP contribution < -0.4 is 21.7 Å². The van der Waals surface area contributed by atoms with Crippen molar-refractivity contribution in [2.45, 2.75) is 56.5 Å². The molecule has 32 heavy (non-hydrogen) atoms. The number of carbonyl (C=O) groups is 5. The Morgan fingerprint density at radius 2 is 1.38 bits per heavy atom. The van der Waals surface area contributed by atoms with Crippen molar-refractivity contribution in [3.05, 3.63) is 0 Å². The Labute approximate surface area is 194 Å². The lowest BCUT2D eigenvalue weighted by Crippen LogP contribution is -2.60. The molecule has 0 radical (unpaired) electrons. The molecule has 5 atom stereocenters. The zero-order valence-corrected chi connectivity index (χ0v) is 19.8. The zero-order valence-electron chi connectivity index (χ0n) is 18.2. The van der Waals surface area contributed by atoms with Crippen LogP contribution in [0.1, 0.15) is 26.2 Å². The minimum absolute atomic E-state index is 0.0935. The van der Waals surface area contributed by atoms with Crippen LogP contribution in [0.5, 0.6) is 0 Å². The first kappa shape index (κ1) is 30.0. The zero-order chi connectivity index (χ0) is 24.8. The normalized spacial score (nSPS) is 15.5. The SMILES string of the molecule is CSCCC(N)C(=O)NC(C(=O)NC(CC(=O)O)C(=O)NC(CCSC)C(=O)O)C(C)O. The van der Waals surface area contributed by atoms with Gasteiger partial charge in [-0.25, -0.2) is 4.79 Å². The summed E-state index contributed by atoms with van der Waals surface area (Å²) in [4.78, 5) is 59.8. The van der Waals surface area contributed by atoms with Crippen LogP contribution in [0, 0.1) is 0 Å². The van der Waals surface area contributed by atoms with E-state index in [2.05, 4.69) is 16.0 Å². The van der Waals surface area contributed by atoms with Gasteiger partial charge in [0, 0.05) is 0 Å². The van der Waals surface area contributed by atoms with Gasteiger partial charge in [-0.15, -0.1) is 0 Å². The van der Waals surface area contributed by atoms with Gasteiger partial charge in [0.1, 0.15) is 18.1 Å². The van der Waals surface area contributed by atoms with Gasteiger partial charge >= 0.3 is 11.9 Å². The van der Waals surface area contributed by atoms with E-state index in [1.807, 2.05) is 6.26 Å². The maximum atomic E-state index is 12.6. The molecule has 12 nitrogen and oxygen atoms in total. The molecule has 14 heteroatoms. The molecule has 0 rings (SSSR count). The van der Waals surface area contributed by atoms with Crippen LogP contribution in [-0.2, 0) is 24.0 Å². The van der Waals surface area contributed by atoms with E-state index in [1.54, 1.807) is 6.26 Å². The molecule has 0 aromatic heterocycles. The molecule has 0 aromatic carbocycles. The largest absolute Gasteiger partial charge is 0.481 e. The summed E-state index contributed by atoms with van der Waals surface area (Å²) in [6.45, 7) is 1.23. The number of carbonyl (C=O) groups excluding carboxylic acids is 3. The van der Waals surface area contributed by atoms with Gasteiger partial charge in [-0.1, -0.05) is 0 Å². The van der Waals surface area contributed by atoms with Crippen molar-refractivity contribution < 1.29 is 39.3 Å². The number of amides is 3. The second kappa shape index (κ2) is 15.7.